The van der Waals surface area contributed by atoms with E-state index in [1.54, 1.807) is 30.5 Å². The van der Waals surface area contributed by atoms with E-state index in [1.165, 1.54) is 6.07 Å². The number of fused-ring (bicyclic) bond motifs is 1. The summed E-state index contributed by atoms with van der Waals surface area (Å²) in [6.07, 6.45) is 2.12. The van der Waals surface area contributed by atoms with Crippen LogP contribution in [0.1, 0.15) is 22.8 Å². The van der Waals surface area contributed by atoms with Gasteiger partial charge in [-0.2, -0.15) is 5.10 Å². The molecule has 1 unspecified atom stereocenters. The lowest BCUT2D eigenvalue weighted by Crippen LogP contribution is -2.34. The summed E-state index contributed by atoms with van der Waals surface area (Å²) >= 11 is 0. The Morgan fingerprint density at radius 1 is 1.27 bits per heavy atom. The van der Waals surface area contributed by atoms with E-state index >= 15 is 0 Å². The molecular formula is C17H16FN3O. The molecule has 0 saturated carbocycles. The molecule has 0 aliphatic rings. The highest BCUT2D eigenvalue weighted by molar-refractivity contribution is 6.05. The molecule has 0 spiro atoms. The van der Waals surface area contributed by atoms with E-state index in [9.17, 15) is 9.18 Å². The minimum Gasteiger partial charge on any atom is -0.349 e. The van der Waals surface area contributed by atoms with Gasteiger partial charge in [-0.25, -0.2) is 4.39 Å². The van der Waals surface area contributed by atoms with E-state index in [2.05, 4.69) is 15.5 Å². The molecule has 0 saturated heterocycles. The number of benzene rings is 2. The molecular weight excluding hydrogens is 281 g/mol. The van der Waals surface area contributed by atoms with Gasteiger partial charge in [0.15, 0.2) is 0 Å². The van der Waals surface area contributed by atoms with Crippen molar-refractivity contribution >= 4 is 16.8 Å². The van der Waals surface area contributed by atoms with Crippen molar-refractivity contribution in [2.24, 2.45) is 0 Å². The van der Waals surface area contributed by atoms with Crippen molar-refractivity contribution in [3.8, 4) is 0 Å². The summed E-state index contributed by atoms with van der Waals surface area (Å²) < 4.78 is 13.7. The Morgan fingerprint density at radius 2 is 2.09 bits per heavy atom. The number of H-pyrrole nitrogens is 1. The Bertz CT molecular complexity index is 812. The molecule has 0 aliphatic heterocycles. The molecule has 3 rings (SSSR count). The molecule has 2 aromatic carbocycles. The summed E-state index contributed by atoms with van der Waals surface area (Å²) in [6.45, 7) is 1.86. The van der Waals surface area contributed by atoms with Gasteiger partial charge in [-0.1, -0.05) is 30.3 Å². The van der Waals surface area contributed by atoms with E-state index in [0.717, 1.165) is 5.39 Å². The standard InChI is InChI=1S/C17H16FN3O/c1-11(9-12-5-2-3-8-15(12)18)20-17(22)14-7-4-6-13-10-19-21-16(13)14/h2-8,10-11H,9H2,1H3,(H,19,21)(H,20,22). The maximum Gasteiger partial charge on any atom is 0.253 e. The number of hydrogen-bond acceptors (Lipinski definition) is 2. The normalized spacial score (nSPS) is 12.3. The number of amides is 1. The minimum absolute atomic E-state index is 0.178. The zero-order valence-electron chi connectivity index (χ0n) is 12.1. The first kappa shape index (κ1) is 14.3. The van der Waals surface area contributed by atoms with E-state index in [0.29, 0.717) is 23.1 Å². The lowest BCUT2D eigenvalue weighted by molar-refractivity contribution is 0.0941. The predicted molar refractivity (Wildman–Crippen MR) is 83.1 cm³/mol. The molecule has 1 amide bonds. The van der Waals surface area contributed by atoms with Gasteiger partial charge in [-0.15, -0.1) is 0 Å². The summed E-state index contributed by atoms with van der Waals surface area (Å²) in [4.78, 5) is 12.4. The van der Waals surface area contributed by atoms with Gasteiger partial charge in [0, 0.05) is 11.4 Å². The fraction of sp³-hybridized carbons (Fsp3) is 0.176. The summed E-state index contributed by atoms with van der Waals surface area (Å²) in [6, 6.07) is 11.9. The number of para-hydroxylation sites is 1. The molecule has 5 heteroatoms. The topological polar surface area (TPSA) is 57.8 Å². The van der Waals surface area contributed by atoms with Crippen molar-refractivity contribution in [3.63, 3.8) is 0 Å². The fourth-order valence-electron chi connectivity index (χ4n) is 2.50. The van der Waals surface area contributed by atoms with Gasteiger partial charge in [0.05, 0.1) is 17.3 Å². The zero-order valence-corrected chi connectivity index (χ0v) is 12.1. The van der Waals surface area contributed by atoms with Crippen molar-refractivity contribution < 1.29 is 9.18 Å². The van der Waals surface area contributed by atoms with Gasteiger partial charge in [0.25, 0.3) is 5.91 Å². The van der Waals surface area contributed by atoms with Gasteiger partial charge in [-0.3, -0.25) is 9.89 Å². The Kier molecular flexibility index (Phi) is 3.87. The van der Waals surface area contributed by atoms with Crippen molar-refractivity contribution in [3.05, 3.63) is 65.6 Å². The molecule has 0 fully saturated rings. The van der Waals surface area contributed by atoms with Crippen LogP contribution >= 0.6 is 0 Å². The van der Waals surface area contributed by atoms with Crippen molar-refractivity contribution in [1.82, 2.24) is 15.5 Å². The average Bonchev–Trinajstić information content (AvgIpc) is 2.97. The van der Waals surface area contributed by atoms with Crippen LogP contribution in [0, 0.1) is 5.82 Å². The largest absolute Gasteiger partial charge is 0.349 e. The molecule has 2 N–H and O–H groups in total. The third-order valence-electron chi connectivity index (χ3n) is 3.58. The minimum atomic E-state index is -0.251. The third-order valence-corrected chi connectivity index (χ3v) is 3.58. The average molecular weight is 297 g/mol. The van der Waals surface area contributed by atoms with Gasteiger partial charge >= 0.3 is 0 Å². The summed E-state index contributed by atoms with van der Waals surface area (Å²) in [7, 11) is 0. The maximum absolute atomic E-state index is 13.7. The smallest absolute Gasteiger partial charge is 0.253 e. The molecule has 1 atom stereocenters. The lowest BCUT2D eigenvalue weighted by atomic mass is 10.1. The van der Waals surface area contributed by atoms with Gasteiger partial charge in [-0.05, 0) is 31.0 Å². The second-order valence-corrected chi connectivity index (χ2v) is 5.31. The van der Waals surface area contributed by atoms with Crippen molar-refractivity contribution in [2.45, 2.75) is 19.4 Å². The second kappa shape index (κ2) is 5.97. The summed E-state index contributed by atoms with van der Waals surface area (Å²) in [5.41, 5.74) is 1.84. The Balaban J connectivity index is 1.74. The summed E-state index contributed by atoms with van der Waals surface area (Å²) in [5, 5.41) is 10.6. The van der Waals surface area contributed by atoms with Gasteiger partial charge < -0.3 is 5.32 Å². The number of nitrogens with zero attached hydrogens (tertiary/aromatic N) is 1. The van der Waals surface area contributed by atoms with Crippen LogP contribution in [0.15, 0.2) is 48.7 Å². The van der Waals surface area contributed by atoms with Crippen LogP contribution in [0.25, 0.3) is 10.9 Å². The molecule has 0 aliphatic carbocycles. The predicted octanol–water partition coefficient (Wildman–Crippen LogP) is 3.06. The molecule has 0 bridgehead atoms. The fourth-order valence-corrected chi connectivity index (χ4v) is 2.50. The van der Waals surface area contributed by atoms with E-state index in [-0.39, 0.29) is 17.8 Å². The van der Waals surface area contributed by atoms with E-state index < -0.39 is 0 Å². The molecule has 4 nitrogen and oxygen atoms in total. The Morgan fingerprint density at radius 3 is 2.91 bits per heavy atom. The highest BCUT2D eigenvalue weighted by Gasteiger charge is 2.15. The number of carbonyl (C=O) groups excluding carboxylic acids is 1. The molecule has 0 radical (unpaired) electrons. The van der Waals surface area contributed by atoms with Crippen molar-refractivity contribution in [1.29, 1.82) is 0 Å². The molecule has 112 valence electrons. The quantitative estimate of drug-likeness (QED) is 0.777. The third kappa shape index (κ3) is 2.83. The molecule has 1 aromatic heterocycles. The van der Waals surface area contributed by atoms with E-state index in [1.807, 2.05) is 19.1 Å². The van der Waals surface area contributed by atoms with Crippen LogP contribution in [0.4, 0.5) is 4.39 Å². The first-order chi connectivity index (χ1) is 10.6. The lowest BCUT2D eigenvalue weighted by Gasteiger charge is -2.14. The van der Waals surface area contributed by atoms with Crippen LogP contribution in [0.3, 0.4) is 0 Å². The number of rotatable bonds is 4. The highest BCUT2D eigenvalue weighted by Crippen LogP contribution is 2.16. The Labute approximate surface area is 127 Å². The van der Waals surface area contributed by atoms with Gasteiger partial charge in [0.1, 0.15) is 5.82 Å². The number of aromatic nitrogens is 2. The first-order valence-electron chi connectivity index (χ1n) is 7.11. The first-order valence-corrected chi connectivity index (χ1v) is 7.11. The summed E-state index contributed by atoms with van der Waals surface area (Å²) in [5.74, 6) is -0.446. The number of halogens is 1. The maximum atomic E-state index is 13.7. The van der Waals surface area contributed by atoms with Crippen LogP contribution in [0.5, 0.6) is 0 Å². The number of carbonyl (C=O) groups is 1. The van der Waals surface area contributed by atoms with Crippen LogP contribution in [0.2, 0.25) is 0 Å². The monoisotopic (exact) mass is 297 g/mol. The molecule has 1 heterocycles. The Hall–Kier alpha value is -2.69. The number of hydrogen-bond donors (Lipinski definition) is 2. The van der Waals surface area contributed by atoms with Crippen LogP contribution in [-0.4, -0.2) is 22.1 Å². The van der Waals surface area contributed by atoms with E-state index in [4.69, 9.17) is 0 Å². The molecule has 22 heavy (non-hydrogen) atoms. The highest BCUT2D eigenvalue weighted by atomic mass is 19.1. The van der Waals surface area contributed by atoms with Crippen LogP contribution < -0.4 is 5.32 Å². The number of aromatic amines is 1. The zero-order chi connectivity index (χ0) is 15.5. The second-order valence-electron chi connectivity index (χ2n) is 5.31. The SMILES string of the molecule is CC(Cc1ccccc1F)NC(=O)c1cccc2cn[nH]c12. The number of nitrogens with one attached hydrogen (secondary N) is 2. The van der Waals surface area contributed by atoms with Crippen LogP contribution in [-0.2, 0) is 6.42 Å². The van der Waals surface area contributed by atoms with Gasteiger partial charge in [0.2, 0.25) is 0 Å². The molecule has 3 aromatic rings. The van der Waals surface area contributed by atoms with Crippen molar-refractivity contribution in [2.75, 3.05) is 0 Å².